The molecule has 1 aliphatic rings. The fourth-order valence-corrected chi connectivity index (χ4v) is 3.91. The van der Waals surface area contributed by atoms with Gasteiger partial charge < -0.3 is 15.8 Å². The van der Waals surface area contributed by atoms with Gasteiger partial charge in [-0.1, -0.05) is 30.0 Å². The molecule has 0 saturated heterocycles. The molecule has 0 saturated carbocycles. The van der Waals surface area contributed by atoms with Crippen molar-refractivity contribution in [3.05, 3.63) is 65.2 Å². The molecular weight excluding hydrogens is 362 g/mol. The van der Waals surface area contributed by atoms with E-state index in [2.05, 4.69) is 10.3 Å². The Balaban J connectivity index is 1.82. The Kier molecular flexibility index (Phi) is 5.51. The molecule has 0 aliphatic carbocycles. The predicted molar refractivity (Wildman–Crippen MR) is 108 cm³/mol. The van der Waals surface area contributed by atoms with Gasteiger partial charge >= 0.3 is 5.97 Å². The summed E-state index contributed by atoms with van der Waals surface area (Å²) in [5, 5.41) is 3.46. The summed E-state index contributed by atoms with van der Waals surface area (Å²) in [5.74, 6) is 0.124. The van der Waals surface area contributed by atoms with Gasteiger partial charge in [-0.3, -0.25) is 9.79 Å². The summed E-state index contributed by atoms with van der Waals surface area (Å²) < 4.78 is 4.70. The first-order chi connectivity index (χ1) is 12.9. The number of ether oxygens (including phenoxy) is 1. The van der Waals surface area contributed by atoms with Crippen LogP contribution in [0.5, 0.6) is 0 Å². The number of amidine groups is 1. The largest absolute Gasteiger partial charge is 0.465 e. The summed E-state index contributed by atoms with van der Waals surface area (Å²) in [6.45, 7) is 2.04. The molecule has 2 aromatic carbocycles. The van der Waals surface area contributed by atoms with E-state index in [4.69, 9.17) is 10.5 Å². The smallest absolute Gasteiger partial charge is 0.337 e. The highest BCUT2D eigenvalue weighted by molar-refractivity contribution is 8.13. The standard InChI is InChI=1S/C20H21N3O3S/c1-20(9-10-27-19(21)23-20)15-7-4-8-16(12-15)22-17(24)13-5-3-6-14(11-13)18(25)26-2/h3-8,11-12H,9-10H2,1-2H3,(H2,21,23)(H,22,24). The van der Waals surface area contributed by atoms with Crippen molar-refractivity contribution in [2.45, 2.75) is 18.9 Å². The molecule has 140 valence electrons. The van der Waals surface area contributed by atoms with E-state index in [9.17, 15) is 9.59 Å². The van der Waals surface area contributed by atoms with E-state index < -0.39 is 11.5 Å². The molecule has 0 aromatic heterocycles. The van der Waals surface area contributed by atoms with Gasteiger partial charge in [0.2, 0.25) is 0 Å². The number of aliphatic imine (C=N–C) groups is 1. The molecule has 27 heavy (non-hydrogen) atoms. The van der Waals surface area contributed by atoms with Crippen molar-refractivity contribution in [3.8, 4) is 0 Å². The number of thioether (sulfide) groups is 1. The number of methoxy groups -OCH3 is 1. The number of carbonyl (C=O) groups is 2. The minimum atomic E-state index is -0.481. The maximum atomic E-state index is 12.6. The maximum absolute atomic E-state index is 12.6. The average Bonchev–Trinajstić information content (AvgIpc) is 2.67. The zero-order chi connectivity index (χ0) is 19.4. The molecule has 6 nitrogen and oxygen atoms in total. The molecule has 1 amide bonds. The van der Waals surface area contributed by atoms with Crippen LogP contribution in [0.25, 0.3) is 0 Å². The Hall–Kier alpha value is -2.80. The van der Waals surface area contributed by atoms with Crippen LogP contribution in [0.15, 0.2) is 53.5 Å². The number of hydrogen-bond donors (Lipinski definition) is 2. The first-order valence-electron chi connectivity index (χ1n) is 8.50. The van der Waals surface area contributed by atoms with E-state index in [1.54, 1.807) is 30.0 Å². The molecule has 7 heteroatoms. The summed E-state index contributed by atoms with van der Waals surface area (Å²) in [4.78, 5) is 28.8. The zero-order valence-electron chi connectivity index (χ0n) is 15.2. The van der Waals surface area contributed by atoms with Crippen molar-refractivity contribution < 1.29 is 14.3 Å². The van der Waals surface area contributed by atoms with Crippen molar-refractivity contribution >= 4 is 34.5 Å². The number of benzene rings is 2. The summed E-state index contributed by atoms with van der Waals surface area (Å²) in [6, 6.07) is 14.0. The molecule has 0 fully saturated rings. The van der Waals surface area contributed by atoms with E-state index in [1.165, 1.54) is 13.2 Å². The van der Waals surface area contributed by atoms with Gasteiger partial charge in [0, 0.05) is 17.0 Å². The number of nitrogens with two attached hydrogens (primary N) is 1. The minimum Gasteiger partial charge on any atom is -0.465 e. The molecule has 3 N–H and O–H groups in total. The van der Waals surface area contributed by atoms with Crippen molar-refractivity contribution in [3.63, 3.8) is 0 Å². The normalized spacial score (nSPS) is 19.1. The van der Waals surface area contributed by atoms with Gasteiger partial charge in [-0.15, -0.1) is 0 Å². The van der Waals surface area contributed by atoms with Crippen LogP contribution < -0.4 is 11.1 Å². The van der Waals surface area contributed by atoms with Gasteiger partial charge in [-0.05, 0) is 49.2 Å². The van der Waals surface area contributed by atoms with Crippen molar-refractivity contribution in [2.24, 2.45) is 10.7 Å². The van der Waals surface area contributed by atoms with E-state index >= 15 is 0 Å². The lowest BCUT2D eigenvalue weighted by Crippen LogP contribution is -2.28. The molecule has 3 rings (SSSR count). The van der Waals surface area contributed by atoms with Gasteiger partial charge in [0.15, 0.2) is 5.17 Å². The second kappa shape index (κ2) is 7.84. The van der Waals surface area contributed by atoms with Crippen LogP contribution in [-0.2, 0) is 10.3 Å². The van der Waals surface area contributed by atoms with Crippen LogP contribution in [0, 0.1) is 0 Å². The molecule has 2 aromatic rings. The topological polar surface area (TPSA) is 93.8 Å². The Labute approximate surface area is 162 Å². The number of rotatable bonds is 4. The van der Waals surface area contributed by atoms with Crippen LogP contribution in [0.4, 0.5) is 5.69 Å². The van der Waals surface area contributed by atoms with E-state index in [1.807, 2.05) is 31.2 Å². The molecule has 0 bridgehead atoms. The Bertz CT molecular complexity index is 913. The van der Waals surface area contributed by atoms with Crippen LogP contribution in [0.2, 0.25) is 0 Å². The second-order valence-corrected chi connectivity index (χ2v) is 7.54. The van der Waals surface area contributed by atoms with Gasteiger partial charge in [0.25, 0.3) is 5.91 Å². The van der Waals surface area contributed by atoms with Crippen LogP contribution >= 0.6 is 11.8 Å². The lowest BCUT2D eigenvalue weighted by atomic mass is 9.89. The van der Waals surface area contributed by atoms with Crippen molar-refractivity contribution in [1.29, 1.82) is 0 Å². The monoisotopic (exact) mass is 383 g/mol. The predicted octanol–water partition coefficient (Wildman–Crippen LogP) is 3.39. The van der Waals surface area contributed by atoms with Gasteiger partial charge in [-0.25, -0.2) is 4.79 Å². The summed E-state index contributed by atoms with van der Waals surface area (Å²) in [7, 11) is 1.31. The Morgan fingerprint density at radius 3 is 2.67 bits per heavy atom. The van der Waals surface area contributed by atoms with Crippen LogP contribution in [0.1, 0.15) is 39.6 Å². The number of esters is 1. The molecule has 1 unspecified atom stereocenters. The zero-order valence-corrected chi connectivity index (χ0v) is 16.0. The highest BCUT2D eigenvalue weighted by Crippen LogP contribution is 2.35. The number of nitrogens with zero attached hydrogens (tertiary/aromatic N) is 1. The lowest BCUT2D eigenvalue weighted by Gasteiger charge is -2.30. The van der Waals surface area contributed by atoms with E-state index in [-0.39, 0.29) is 5.91 Å². The highest BCUT2D eigenvalue weighted by atomic mass is 32.2. The number of nitrogens with one attached hydrogen (secondary N) is 1. The molecular formula is C20H21N3O3S. The fraction of sp³-hybridized carbons (Fsp3) is 0.250. The molecule has 1 heterocycles. The third-order valence-electron chi connectivity index (χ3n) is 4.48. The number of carbonyl (C=O) groups excluding carboxylic acids is 2. The van der Waals surface area contributed by atoms with Gasteiger partial charge in [0.05, 0.1) is 18.2 Å². The quantitative estimate of drug-likeness (QED) is 0.789. The summed E-state index contributed by atoms with van der Waals surface area (Å²) in [6.07, 6.45) is 0.872. The fourth-order valence-electron chi connectivity index (χ4n) is 2.94. The molecule has 1 atom stereocenters. The molecule has 1 aliphatic heterocycles. The van der Waals surface area contributed by atoms with Gasteiger partial charge in [-0.2, -0.15) is 0 Å². The van der Waals surface area contributed by atoms with Gasteiger partial charge in [0.1, 0.15) is 0 Å². The molecule has 0 radical (unpaired) electrons. The first-order valence-corrected chi connectivity index (χ1v) is 9.48. The third kappa shape index (κ3) is 4.31. The SMILES string of the molecule is COC(=O)c1cccc(C(=O)Nc2cccc(C3(C)CCSC(N)=N3)c2)c1. The number of hydrogen-bond acceptors (Lipinski definition) is 6. The Morgan fingerprint density at radius 1 is 1.19 bits per heavy atom. The summed E-state index contributed by atoms with van der Waals surface area (Å²) in [5.41, 5.74) is 7.86. The lowest BCUT2D eigenvalue weighted by molar-refractivity contribution is 0.0600. The second-order valence-electron chi connectivity index (χ2n) is 6.43. The van der Waals surface area contributed by atoms with Crippen molar-refractivity contribution in [2.75, 3.05) is 18.2 Å². The maximum Gasteiger partial charge on any atom is 0.337 e. The first kappa shape index (κ1) is 19.0. The number of amides is 1. The summed E-state index contributed by atoms with van der Waals surface area (Å²) >= 11 is 1.55. The van der Waals surface area contributed by atoms with Crippen LogP contribution in [-0.4, -0.2) is 29.9 Å². The van der Waals surface area contributed by atoms with E-state index in [0.717, 1.165) is 17.7 Å². The average molecular weight is 383 g/mol. The highest BCUT2D eigenvalue weighted by Gasteiger charge is 2.29. The third-order valence-corrected chi connectivity index (χ3v) is 5.28. The van der Waals surface area contributed by atoms with Crippen molar-refractivity contribution in [1.82, 2.24) is 0 Å². The minimum absolute atomic E-state index is 0.301. The Morgan fingerprint density at radius 2 is 1.93 bits per heavy atom. The molecule has 0 spiro atoms. The van der Waals surface area contributed by atoms with E-state index in [0.29, 0.717) is 22.0 Å². The van der Waals surface area contributed by atoms with Crippen LogP contribution in [0.3, 0.4) is 0 Å². The number of anilines is 1.